The molecule has 108 valence electrons. The number of amides is 1. The van der Waals surface area contributed by atoms with Crippen LogP contribution in [0.4, 0.5) is 0 Å². The quantitative estimate of drug-likeness (QED) is 0.746. The standard InChI is InChI=1S/C15H25NO2S/c1-12(17)19-11-13-9-14(18)16(10-13)15(2)7-5-3-4-6-8-15/h13H,3-11H2,1-2H3. The van der Waals surface area contributed by atoms with Gasteiger partial charge in [-0.2, -0.15) is 0 Å². The maximum absolute atomic E-state index is 12.3. The van der Waals surface area contributed by atoms with Gasteiger partial charge in [0.2, 0.25) is 5.91 Å². The van der Waals surface area contributed by atoms with Crippen LogP contribution in [0.15, 0.2) is 0 Å². The summed E-state index contributed by atoms with van der Waals surface area (Å²) >= 11 is 1.36. The second kappa shape index (κ2) is 6.29. The topological polar surface area (TPSA) is 37.4 Å². The Hall–Kier alpha value is -0.510. The van der Waals surface area contributed by atoms with E-state index in [0.29, 0.717) is 18.2 Å². The number of nitrogens with zero attached hydrogens (tertiary/aromatic N) is 1. The molecule has 0 aromatic rings. The zero-order valence-electron chi connectivity index (χ0n) is 12.1. The van der Waals surface area contributed by atoms with E-state index in [2.05, 4.69) is 11.8 Å². The molecule has 0 N–H and O–H groups in total. The third-order valence-electron chi connectivity index (χ3n) is 4.56. The predicted molar refractivity (Wildman–Crippen MR) is 79.1 cm³/mol. The van der Waals surface area contributed by atoms with Crippen LogP contribution in [-0.4, -0.2) is 33.8 Å². The van der Waals surface area contributed by atoms with Gasteiger partial charge in [0.15, 0.2) is 5.12 Å². The lowest BCUT2D eigenvalue weighted by atomic mass is 9.90. The number of hydrogen-bond acceptors (Lipinski definition) is 3. The van der Waals surface area contributed by atoms with Gasteiger partial charge in [-0.15, -0.1) is 0 Å². The van der Waals surface area contributed by atoms with Crippen LogP contribution in [0.3, 0.4) is 0 Å². The minimum atomic E-state index is 0.0726. The molecule has 1 saturated carbocycles. The van der Waals surface area contributed by atoms with Crippen molar-refractivity contribution < 1.29 is 9.59 Å². The third kappa shape index (κ3) is 3.74. The first kappa shape index (κ1) is 14.9. The number of likely N-dealkylation sites (tertiary alicyclic amines) is 1. The Kier molecular flexibility index (Phi) is 4.93. The number of hydrogen-bond donors (Lipinski definition) is 0. The van der Waals surface area contributed by atoms with Gasteiger partial charge in [-0.25, -0.2) is 0 Å². The lowest BCUT2D eigenvalue weighted by Gasteiger charge is -2.38. The zero-order valence-corrected chi connectivity index (χ0v) is 12.9. The number of carbonyl (C=O) groups is 2. The summed E-state index contributed by atoms with van der Waals surface area (Å²) in [6.45, 7) is 4.72. The van der Waals surface area contributed by atoms with E-state index in [0.717, 1.165) is 25.1 Å². The van der Waals surface area contributed by atoms with Crippen molar-refractivity contribution in [1.82, 2.24) is 4.90 Å². The Bertz CT molecular complexity index is 348. The van der Waals surface area contributed by atoms with Crippen molar-refractivity contribution >= 4 is 22.8 Å². The highest BCUT2D eigenvalue weighted by molar-refractivity contribution is 8.13. The molecule has 1 amide bonds. The van der Waals surface area contributed by atoms with Crippen LogP contribution in [-0.2, 0) is 9.59 Å². The molecule has 3 nitrogen and oxygen atoms in total. The lowest BCUT2D eigenvalue weighted by Crippen LogP contribution is -2.47. The summed E-state index contributed by atoms with van der Waals surface area (Å²) in [6, 6.07) is 0. The molecule has 2 fully saturated rings. The molecular weight excluding hydrogens is 258 g/mol. The number of carbonyl (C=O) groups excluding carboxylic acids is 2. The Balaban J connectivity index is 1.96. The van der Waals surface area contributed by atoms with Gasteiger partial charge in [0, 0.05) is 31.2 Å². The molecule has 0 bridgehead atoms. The van der Waals surface area contributed by atoms with Crippen LogP contribution in [0.1, 0.15) is 58.8 Å². The summed E-state index contributed by atoms with van der Waals surface area (Å²) in [4.78, 5) is 25.4. The average molecular weight is 283 g/mol. The molecule has 2 aliphatic rings. The first-order valence-corrected chi connectivity index (χ1v) is 8.44. The van der Waals surface area contributed by atoms with Gasteiger partial charge >= 0.3 is 0 Å². The molecule has 0 spiro atoms. The molecule has 1 aliphatic heterocycles. The van der Waals surface area contributed by atoms with E-state index in [4.69, 9.17) is 0 Å². The maximum Gasteiger partial charge on any atom is 0.223 e. The highest BCUT2D eigenvalue weighted by Gasteiger charge is 2.41. The van der Waals surface area contributed by atoms with Gasteiger partial charge in [0.25, 0.3) is 0 Å². The molecule has 0 aromatic heterocycles. The fourth-order valence-corrected chi connectivity index (χ4v) is 4.10. The first-order chi connectivity index (χ1) is 9.01. The largest absolute Gasteiger partial charge is 0.337 e. The Labute approximate surface area is 120 Å². The van der Waals surface area contributed by atoms with E-state index < -0.39 is 0 Å². The zero-order chi connectivity index (χ0) is 13.9. The predicted octanol–water partition coefficient (Wildman–Crippen LogP) is 3.23. The van der Waals surface area contributed by atoms with Crippen LogP contribution in [0.2, 0.25) is 0 Å². The fourth-order valence-electron chi connectivity index (χ4n) is 3.41. The van der Waals surface area contributed by atoms with E-state index in [1.54, 1.807) is 6.92 Å². The van der Waals surface area contributed by atoms with Crippen molar-refractivity contribution in [3.05, 3.63) is 0 Å². The van der Waals surface area contributed by atoms with E-state index >= 15 is 0 Å². The molecule has 1 aliphatic carbocycles. The minimum Gasteiger partial charge on any atom is -0.337 e. The summed E-state index contributed by atoms with van der Waals surface area (Å²) in [5, 5.41) is 0.159. The molecular formula is C15H25NO2S. The van der Waals surface area contributed by atoms with Crippen molar-refractivity contribution in [2.24, 2.45) is 5.92 Å². The Morgan fingerprint density at radius 2 is 1.95 bits per heavy atom. The summed E-state index contributed by atoms with van der Waals surface area (Å²) in [5.41, 5.74) is 0.0726. The highest BCUT2D eigenvalue weighted by atomic mass is 32.2. The molecule has 0 aromatic carbocycles. The van der Waals surface area contributed by atoms with Crippen LogP contribution >= 0.6 is 11.8 Å². The van der Waals surface area contributed by atoms with E-state index in [1.807, 2.05) is 0 Å². The van der Waals surface area contributed by atoms with E-state index in [-0.39, 0.29) is 10.7 Å². The van der Waals surface area contributed by atoms with Crippen LogP contribution in [0.5, 0.6) is 0 Å². The van der Waals surface area contributed by atoms with Crippen LogP contribution in [0.25, 0.3) is 0 Å². The van der Waals surface area contributed by atoms with Crippen molar-refractivity contribution in [2.75, 3.05) is 12.3 Å². The van der Waals surface area contributed by atoms with Gasteiger partial charge in [-0.1, -0.05) is 37.4 Å². The van der Waals surface area contributed by atoms with Crippen LogP contribution in [0, 0.1) is 5.92 Å². The van der Waals surface area contributed by atoms with Crippen LogP contribution < -0.4 is 0 Å². The maximum atomic E-state index is 12.3. The molecule has 0 radical (unpaired) electrons. The Morgan fingerprint density at radius 3 is 2.53 bits per heavy atom. The molecule has 1 atom stereocenters. The molecule has 19 heavy (non-hydrogen) atoms. The van der Waals surface area contributed by atoms with Crippen molar-refractivity contribution in [3.63, 3.8) is 0 Å². The normalized spacial score (nSPS) is 27.4. The van der Waals surface area contributed by atoms with Crippen molar-refractivity contribution in [1.29, 1.82) is 0 Å². The third-order valence-corrected chi connectivity index (χ3v) is 5.60. The van der Waals surface area contributed by atoms with Gasteiger partial charge in [-0.05, 0) is 25.7 Å². The smallest absolute Gasteiger partial charge is 0.223 e. The van der Waals surface area contributed by atoms with Crippen molar-refractivity contribution in [3.8, 4) is 0 Å². The summed E-state index contributed by atoms with van der Waals surface area (Å²) in [6.07, 6.45) is 8.02. The van der Waals surface area contributed by atoms with Gasteiger partial charge in [0.1, 0.15) is 0 Å². The minimum absolute atomic E-state index is 0.0726. The molecule has 1 heterocycles. The summed E-state index contributed by atoms with van der Waals surface area (Å²) < 4.78 is 0. The average Bonchev–Trinajstić information content (AvgIpc) is 2.59. The van der Waals surface area contributed by atoms with E-state index in [9.17, 15) is 9.59 Å². The fraction of sp³-hybridized carbons (Fsp3) is 0.867. The van der Waals surface area contributed by atoms with Gasteiger partial charge in [-0.3, -0.25) is 9.59 Å². The summed E-state index contributed by atoms with van der Waals surface area (Å²) in [5.74, 6) is 1.47. The van der Waals surface area contributed by atoms with E-state index in [1.165, 1.54) is 37.4 Å². The second-order valence-electron chi connectivity index (χ2n) is 6.29. The van der Waals surface area contributed by atoms with Crippen molar-refractivity contribution in [2.45, 2.75) is 64.3 Å². The lowest BCUT2D eigenvalue weighted by molar-refractivity contribution is -0.133. The number of rotatable bonds is 3. The van der Waals surface area contributed by atoms with Gasteiger partial charge < -0.3 is 4.90 Å². The molecule has 1 saturated heterocycles. The summed E-state index contributed by atoms with van der Waals surface area (Å²) in [7, 11) is 0. The Morgan fingerprint density at radius 1 is 1.32 bits per heavy atom. The highest BCUT2D eigenvalue weighted by Crippen LogP contribution is 2.37. The number of thioether (sulfide) groups is 1. The monoisotopic (exact) mass is 283 g/mol. The van der Waals surface area contributed by atoms with Gasteiger partial charge in [0.05, 0.1) is 0 Å². The SMILES string of the molecule is CC(=O)SCC1CC(=O)N(C2(C)CCCCCC2)C1. The first-order valence-electron chi connectivity index (χ1n) is 7.45. The molecule has 4 heteroatoms. The molecule has 2 rings (SSSR count). The molecule has 1 unspecified atom stereocenters. The second-order valence-corrected chi connectivity index (χ2v) is 7.49.